The second kappa shape index (κ2) is 2.81. The van der Waals surface area contributed by atoms with Gasteiger partial charge in [0.15, 0.2) is 0 Å². The van der Waals surface area contributed by atoms with Crippen molar-refractivity contribution in [2.24, 2.45) is 0 Å². The molecule has 0 unspecified atom stereocenters. The summed E-state index contributed by atoms with van der Waals surface area (Å²) < 4.78 is 0. The average Bonchev–Trinajstić information content (AvgIpc) is 2.58. The molecule has 2 aromatic rings. The Balaban J connectivity index is 2.43. The van der Waals surface area contributed by atoms with E-state index in [-0.39, 0.29) is 0 Å². The molecular weight excluding hydrogens is 148 g/mol. The van der Waals surface area contributed by atoms with Gasteiger partial charge >= 0.3 is 0 Å². The van der Waals surface area contributed by atoms with Crippen LogP contribution in [0.3, 0.4) is 0 Å². The van der Waals surface area contributed by atoms with E-state index in [1.54, 1.807) is 6.20 Å². The van der Waals surface area contributed by atoms with Crippen LogP contribution in [0.1, 0.15) is 5.56 Å². The molecule has 2 nitrogen and oxygen atoms in total. The number of H-pyrrole nitrogens is 1. The van der Waals surface area contributed by atoms with E-state index in [2.05, 4.69) is 17.1 Å². The molecule has 2 rings (SSSR count). The van der Waals surface area contributed by atoms with Crippen LogP contribution >= 0.6 is 0 Å². The molecule has 0 amide bonds. The Morgan fingerprint density at radius 2 is 1.83 bits per heavy atom. The molecule has 0 atom stereocenters. The maximum Gasteiger partial charge on any atom is 0.0565 e. The lowest BCUT2D eigenvalue weighted by Crippen LogP contribution is -1.74. The van der Waals surface area contributed by atoms with Crippen molar-refractivity contribution in [1.29, 1.82) is 0 Å². The molecule has 2 heteroatoms. The van der Waals surface area contributed by atoms with Gasteiger partial charge in [-0.15, -0.1) is 0 Å². The van der Waals surface area contributed by atoms with Crippen molar-refractivity contribution in [1.82, 2.24) is 10.2 Å². The SMILES string of the molecule is [CH2]c1ccc(-c2cn[nH]c2)cc1. The van der Waals surface area contributed by atoms with Gasteiger partial charge < -0.3 is 0 Å². The Morgan fingerprint density at radius 3 is 2.42 bits per heavy atom. The molecule has 0 spiro atoms. The van der Waals surface area contributed by atoms with Crippen LogP contribution in [-0.2, 0) is 0 Å². The first-order valence-corrected chi connectivity index (χ1v) is 3.77. The number of aromatic nitrogens is 2. The quantitative estimate of drug-likeness (QED) is 0.675. The van der Waals surface area contributed by atoms with Crippen LogP contribution in [0.5, 0.6) is 0 Å². The fourth-order valence-corrected chi connectivity index (χ4v) is 1.11. The Kier molecular flexibility index (Phi) is 1.67. The fourth-order valence-electron chi connectivity index (χ4n) is 1.11. The Morgan fingerprint density at radius 1 is 1.08 bits per heavy atom. The third-order valence-electron chi connectivity index (χ3n) is 1.79. The summed E-state index contributed by atoms with van der Waals surface area (Å²) in [6.45, 7) is 3.82. The molecule has 59 valence electrons. The predicted molar refractivity (Wildman–Crippen MR) is 48.5 cm³/mol. The van der Waals surface area contributed by atoms with Gasteiger partial charge in [0, 0.05) is 11.8 Å². The van der Waals surface area contributed by atoms with E-state index in [1.165, 1.54) is 0 Å². The van der Waals surface area contributed by atoms with E-state index in [9.17, 15) is 0 Å². The summed E-state index contributed by atoms with van der Waals surface area (Å²) in [5.74, 6) is 0. The first kappa shape index (κ1) is 7.10. The van der Waals surface area contributed by atoms with Gasteiger partial charge in [0.05, 0.1) is 6.20 Å². The molecule has 1 N–H and O–H groups in total. The third kappa shape index (κ3) is 1.23. The highest BCUT2D eigenvalue weighted by atomic mass is 15.1. The highest BCUT2D eigenvalue weighted by Crippen LogP contribution is 2.17. The van der Waals surface area contributed by atoms with Crippen LogP contribution in [0.25, 0.3) is 11.1 Å². The summed E-state index contributed by atoms with van der Waals surface area (Å²) in [6.07, 6.45) is 3.68. The van der Waals surface area contributed by atoms with Crippen molar-refractivity contribution in [2.45, 2.75) is 0 Å². The van der Waals surface area contributed by atoms with Crippen molar-refractivity contribution in [3.63, 3.8) is 0 Å². The number of aromatic amines is 1. The summed E-state index contributed by atoms with van der Waals surface area (Å²) in [4.78, 5) is 0. The number of benzene rings is 1. The predicted octanol–water partition coefficient (Wildman–Crippen LogP) is 2.26. The maximum atomic E-state index is 3.88. The highest BCUT2D eigenvalue weighted by molar-refractivity contribution is 5.61. The lowest BCUT2D eigenvalue weighted by molar-refractivity contribution is 1.09. The zero-order chi connectivity index (χ0) is 8.39. The minimum Gasteiger partial charge on any atom is -0.285 e. The lowest BCUT2D eigenvalue weighted by atomic mass is 10.1. The van der Waals surface area contributed by atoms with Crippen LogP contribution in [0.4, 0.5) is 0 Å². The van der Waals surface area contributed by atoms with E-state index < -0.39 is 0 Å². The molecule has 0 bridgehead atoms. The standard InChI is InChI=1S/C10H9N2/c1-8-2-4-9(5-3-8)10-6-11-12-7-10/h2-7H,1H2,(H,11,12). The Bertz CT molecular complexity index is 346. The maximum absolute atomic E-state index is 3.88. The van der Waals surface area contributed by atoms with Gasteiger partial charge in [0.2, 0.25) is 0 Å². The molecule has 1 aromatic carbocycles. The van der Waals surface area contributed by atoms with Crippen molar-refractivity contribution >= 4 is 0 Å². The molecular formula is C10H9N2. The number of hydrogen-bond donors (Lipinski definition) is 1. The minimum absolute atomic E-state index is 1.03. The monoisotopic (exact) mass is 157 g/mol. The number of nitrogens with zero attached hydrogens (tertiary/aromatic N) is 1. The molecule has 0 fully saturated rings. The average molecular weight is 157 g/mol. The van der Waals surface area contributed by atoms with E-state index in [1.807, 2.05) is 30.5 Å². The molecule has 1 radical (unpaired) electrons. The van der Waals surface area contributed by atoms with Gasteiger partial charge in [0.25, 0.3) is 0 Å². The molecule has 12 heavy (non-hydrogen) atoms. The van der Waals surface area contributed by atoms with Gasteiger partial charge in [-0.1, -0.05) is 24.3 Å². The molecule has 0 aliphatic carbocycles. The van der Waals surface area contributed by atoms with Crippen molar-refractivity contribution < 1.29 is 0 Å². The smallest absolute Gasteiger partial charge is 0.0565 e. The van der Waals surface area contributed by atoms with Crippen LogP contribution < -0.4 is 0 Å². The topological polar surface area (TPSA) is 28.7 Å². The third-order valence-corrected chi connectivity index (χ3v) is 1.79. The van der Waals surface area contributed by atoms with Crippen LogP contribution in [0.2, 0.25) is 0 Å². The molecule has 1 aromatic heterocycles. The highest BCUT2D eigenvalue weighted by Gasteiger charge is 1.96. The zero-order valence-electron chi connectivity index (χ0n) is 6.62. The number of hydrogen-bond acceptors (Lipinski definition) is 1. The van der Waals surface area contributed by atoms with Crippen molar-refractivity contribution in [3.8, 4) is 11.1 Å². The minimum atomic E-state index is 1.03. The second-order valence-corrected chi connectivity index (χ2v) is 2.68. The van der Waals surface area contributed by atoms with Crippen molar-refractivity contribution in [3.05, 3.63) is 49.1 Å². The van der Waals surface area contributed by atoms with E-state index in [0.29, 0.717) is 0 Å². The Labute approximate surface area is 71.3 Å². The van der Waals surface area contributed by atoms with Crippen LogP contribution in [0.15, 0.2) is 36.7 Å². The van der Waals surface area contributed by atoms with Gasteiger partial charge in [-0.05, 0) is 18.1 Å². The number of nitrogens with one attached hydrogen (secondary N) is 1. The molecule has 0 aliphatic rings. The Hall–Kier alpha value is -1.57. The molecule has 0 saturated heterocycles. The zero-order valence-corrected chi connectivity index (χ0v) is 6.62. The first-order chi connectivity index (χ1) is 5.86. The summed E-state index contributed by atoms with van der Waals surface area (Å²) in [5, 5.41) is 6.66. The normalized spacial score (nSPS) is 10.1. The summed E-state index contributed by atoms with van der Waals surface area (Å²) in [7, 11) is 0. The van der Waals surface area contributed by atoms with Gasteiger partial charge in [-0.3, -0.25) is 5.10 Å². The lowest BCUT2D eigenvalue weighted by Gasteiger charge is -1.96. The molecule has 0 saturated carbocycles. The summed E-state index contributed by atoms with van der Waals surface area (Å²) in [5.41, 5.74) is 3.30. The summed E-state index contributed by atoms with van der Waals surface area (Å²) >= 11 is 0. The van der Waals surface area contributed by atoms with Crippen LogP contribution in [-0.4, -0.2) is 10.2 Å². The van der Waals surface area contributed by atoms with E-state index >= 15 is 0 Å². The fraction of sp³-hybridized carbons (Fsp3) is 0. The molecule has 0 aliphatic heterocycles. The van der Waals surface area contributed by atoms with E-state index in [0.717, 1.165) is 16.7 Å². The largest absolute Gasteiger partial charge is 0.285 e. The van der Waals surface area contributed by atoms with Crippen LogP contribution in [0, 0.1) is 6.92 Å². The van der Waals surface area contributed by atoms with E-state index in [4.69, 9.17) is 0 Å². The molecule has 1 heterocycles. The van der Waals surface area contributed by atoms with Gasteiger partial charge in [-0.25, -0.2) is 0 Å². The number of rotatable bonds is 1. The van der Waals surface area contributed by atoms with Gasteiger partial charge in [-0.2, -0.15) is 5.10 Å². The van der Waals surface area contributed by atoms with Gasteiger partial charge in [0.1, 0.15) is 0 Å². The van der Waals surface area contributed by atoms with Crippen molar-refractivity contribution in [2.75, 3.05) is 0 Å². The first-order valence-electron chi connectivity index (χ1n) is 3.77. The summed E-state index contributed by atoms with van der Waals surface area (Å²) in [6, 6.07) is 8.05. The second-order valence-electron chi connectivity index (χ2n) is 2.68.